The Morgan fingerprint density at radius 1 is 0.964 bits per heavy atom. The van der Waals surface area contributed by atoms with Crippen molar-refractivity contribution >= 4 is 34.6 Å². The van der Waals surface area contributed by atoms with Gasteiger partial charge in [-0.25, -0.2) is 4.39 Å². The van der Waals surface area contributed by atoms with E-state index in [0.29, 0.717) is 18.4 Å². The Morgan fingerprint density at radius 3 is 1.96 bits per heavy atom. The van der Waals surface area contributed by atoms with Crippen LogP contribution in [0.1, 0.15) is 46.5 Å². The third-order valence-corrected chi connectivity index (χ3v) is 10.5. The van der Waals surface area contributed by atoms with Crippen LogP contribution >= 0.6 is 15.9 Å². The summed E-state index contributed by atoms with van der Waals surface area (Å²) >= 11 is 3.27. The molecule has 0 fully saturated rings. The van der Waals surface area contributed by atoms with Gasteiger partial charge in [0, 0.05) is 18.4 Å². The van der Waals surface area contributed by atoms with Crippen molar-refractivity contribution in [1.82, 2.24) is 0 Å². The Kier molecular flexibility index (Phi) is 9.12. The molecule has 1 nitrogen and oxygen atoms in total. The van der Waals surface area contributed by atoms with E-state index in [1.165, 1.54) is 10.4 Å². The van der Waals surface area contributed by atoms with Gasteiger partial charge in [0.15, 0.2) is 0 Å². The second-order valence-electron chi connectivity index (χ2n) is 8.10. The van der Waals surface area contributed by atoms with Gasteiger partial charge in [0.05, 0.1) is 5.83 Å². The van der Waals surface area contributed by atoms with E-state index in [2.05, 4.69) is 97.4 Å². The molecule has 2 aromatic carbocycles. The fraction of sp³-hybridized carbons (Fsp3) is 0.417. The molecule has 0 saturated heterocycles. The highest BCUT2D eigenvalue weighted by Gasteiger charge is 2.49. The maximum Gasteiger partial charge on any atom is 0.261 e. The summed E-state index contributed by atoms with van der Waals surface area (Å²) in [6.45, 7) is 7.56. The lowest BCUT2D eigenvalue weighted by Crippen LogP contribution is -2.66. The van der Waals surface area contributed by atoms with Crippen LogP contribution in [0.5, 0.6) is 0 Å². The van der Waals surface area contributed by atoms with Crippen LogP contribution in [0.25, 0.3) is 0 Å². The molecule has 0 aliphatic carbocycles. The molecular formula is C24H32BrFOSi. The number of hydrogen-bond acceptors (Lipinski definition) is 1. The van der Waals surface area contributed by atoms with E-state index < -0.39 is 8.32 Å². The molecule has 0 saturated carbocycles. The van der Waals surface area contributed by atoms with E-state index in [-0.39, 0.29) is 10.9 Å². The molecule has 0 amide bonds. The van der Waals surface area contributed by atoms with Crippen molar-refractivity contribution in [2.24, 2.45) is 0 Å². The lowest BCUT2D eigenvalue weighted by molar-refractivity contribution is 0.288. The van der Waals surface area contributed by atoms with Crippen molar-refractivity contribution in [3.63, 3.8) is 0 Å². The van der Waals surface area contributed by atoms with Crippen LogP contribution < -0.4 is 10.4 Å². The molecule has 0 heterocycles. The Morgan fingerprint density at radius 2 is 1.50 bits per heavy atom. The van der Waals surface area contributed by atoms with Gasteiger partial charge in [-0.1, -0.05) is 103 Å². The van der Waals surface area contributed by atoms with Crippen molar-refractivity contribution in [1.29, 1.82) is 0 Å². The number of benzene rings is 2. The normalized spacial score (nSPS) is 13.0. The zero-order chi connectivity index (χ0) is 20.5. The molecular weight excluding hydrogens is 431 g/mol. The van der Waals surface area contributed by atoms with Gasteiger partial charge in [0.1, 0.15) is 0 Å². The number of halogens is 2. The summed E-state index contributed by atoms with van der Waals surface area (Å²) < 4.78 is 20.3. The van der Waals surface area contributed by atoms with E-state index >= 15 is 0 Å². The summed E-state index contributed by atoms with van der Waals surface area (Å²) in [7, 11) is -2.44. The zero-order valence-electron chi connectivity index (χ0n) is 17.3. The molecule has 0 radical (unpaired) electrons. The predicted molar refractivity (Wildman–Crippen MR) is 125 cm³/mol. The number of rotatable bonds is 10. The summed E-state index contributed by atoms with van der Waals surface area (Å²) in [5.41, 5.74) is 0. The first-order valence-electron chi connectivity index (χ1n) is 10.1. The van der Waals surface area contributed by atoms with E-state index in [1.54, 1.807) is 6.08 Å². The molecule has 2 aromatic rings. The number of unbranched alkanes of at least 4 members (excludes halogenated alkanes) is 2. The molecule has 0 N–H and O–H groups in total. The third-order valence-electron chi connectivity index (χ3n) is 5.03. The van der Waals surface area contributed by atoms with Gasteiger partial charge in [-0.05, 0) is 34.7 Å². The summed E-state index contributed by atoms with van der Waals surface area (Å²) in [6, 6.07) is 21.4. The molecule has 28 heavy (non-hydrogen) atoms. The van der Waals surface area contributed by atoms with Crippen LogP contribution in [0.15, 0.2) is 72.6 Å². The fourth-order valence-corrected chi connectivity index (χ4v) is 8.67. The Bertz CT molecular complexity index is 686. The van der Waals surface area contributed by atoms with E-state index in [1.807, 2.05) is 0 Å². The van der Waals surface area contributed by atoms with Gasteiger partial charge in [-0.3, -0.25) is 0 Å². The highest BCUT2D eigenvalue weighted by molar-refractivity contribution is 9.09. The maximum absolute atomic E-state index is 13.5. The zero-order valence-corrected chi connectivity index (χ0v) is 19.8. The highest BCUT2D eigenvalue weighted by atomic mass is 79.9. The van der Waals surface area contributed by atoms with Crippen molar-refractivity contribution in [2.45, 2.75) is 51.5 Å². The minimum absolute atomic E-state index is 0.00239. The molecule has 0 bridgehead atoms. The molecule has 0 atom stereocenters. The van der Waals surface area contributed by atoms with Crippen molar-refractivity contribution in [3.05, 3.63) is 72.6 Å². The largest absolute Gasteiger partial charge is 0.407 e. The number of hydrogen-bond donors (Lipinski definition) is 0. The summed E-state index contributed by atoms with van der Waals surface area (Å²) in [5, 5.41) is 3.28. The average Bonchev–Trinajstić information content (AvgIpc) is 2.68. The molecule has 2 rings (SSSR count). The van der Waals surface area contributed by atoms with Crippen LogP contribution in [0, 0.1) is 0 Å². The topological polar surface area (TPSA) is 9.23 Å². The Hall–Kier alpha value is -1.23. The molecule has 0 unspecified atom stereocenters. The standard InChI is InChI=1S/C24H32BrFOSi/c1-24(2,3)28(22-14-8-4-9-15-22,23-16-10-5-11-17-23)27-20-12-6-7-13-21(26)18-19-25/h4-5,8-11,13-17H,6-7,12,18-20H2,1-3H3/b21-13+. The van der Waals surface area contributed by atoms with Crippen LogP contribution in [-0.4, -0.2) is 20.3 Å². The Balaban J connectivity index is 2.19. The first-order valence-corrected chi connectivity index (χ1v) is 13.1. The first kappa shape index (κ1) is 23.0. The van der Waals surface area contributed by atoms with E-state index in [9.17, 15) is 4.39 Å². The van der Waals surface area contributed by atoms with E-state index in [0.717, 1.165) is 19.3 Å². The second-order valence-corrected chi connectivity index (χ2v) is 13.2. The predicted octanol–water partition coefficient (Wildman–Crippen LogP) is 6.37. The third kappa shape index (κ3) is 5.88. The highest BCUT2D eigenvalue weighted by Crippen LogP contribution is 2.36. The molecule has 4 heteroatoms. The first-order chi connectivity index (χ1) is 13.4. The number of alkyl halides is 1. The van der Waals surface area contributed by atoms with Crippen LogP contribution in [0.2, 0.25) is 5.04 Å². The summed E-state index contributed by atoms with van der Waals surface area (Å²) in [6.07, 6.45) is 4.82. The minimum Gasteiger partial charge on any atom is -0.407 e. The van der Waals surface area contributed by atoms with E-state index in [4.69, 9.17) is 4.43 Å². The maximum atomic E-state index is 13.5. The lowest BCUT2D eigenvalue weighted by atomic mass is 10.2. The molecule has 0 spiro atoms. The average molecular weight is 464 g/mol. The van der Waals surface area contributed by atoms with Crippen molar-refractivity contribution in [2.75, 3.05) is 11.9 Å². The van der Waals surface area contributed by atoms with Crippen LogP contribution in [-0.2, 0) is 4.43 Å². The fourth-order valence-electron chi connectivity index (χ4n) is 3.68. The van der Waals surface area contributed by atoms with Gasteiger partial charge in [0.2, 0.25) is 0 Å². The molecule has 0 aliphatic heterocycles. The second kappa shape index (κ2) is 11.1. The van der Waals surface area contributed by atoms with Gasteiger partial charge in [-0.2, -0.15) is 0 Å². The van der Waals surface area contributed by atoms with Crippen LogP contribution in [0.4, 0.5) is 4.39 Å². The summed E-state index contributed by atoms with van der Waals surface area (Å²) in [5.74, 6) is -0.0234. The number of allylic oxidation sites excluding steroid dienone is 2. The minimum atomic E-state index is -2.44. The quantitative estimate of drug-likeness (QED) is 0.226. The molecule has 152 valence electrons. The lowest BCUT2D eigenvalue weighted by Gasteiger charge is -2.43. The monoisotopic (exact) mass is 462 g/mol. The SMILES string of the molecule is CC(C)(C)[Si](OCCCC/C=C(/F)CCBr)(c1ccccc1)c1ccccc1. The molecule has 0 aromatic heterocycles. The van der Waals surface area contributed by atoms with Gasteiger partial charge < -0.3 is 4.43 Å². The van der Waals surface area contributed by atoms with Crippen molar-refractivity contribution < 1.29 is 8.82 Å². The summed E-state index contributed by atoms with van der Waals surface area (Å²) in [4.78, 5) is 0. The van der Waals surface area contributed by atoms with Crippen LogP contribution in [0.3, 0.4) is 0 Å². The van der Waals surface area contributed by atoms with Gasteiger partial charge in [0.25, 0.3) is 8.32 Å². The smallest absolute Gasteiger partial charge is 0.261 e. The Labute approximate surface area is 179 Å². The van der Waals surface area contributed by atoms with Gasteiger partial charge >= 0.3 is 0 Å². The van der Waals surface area contributed by atoms with Crippen molar-refractivity contribution in [3.8, 4) is 0 Å². The molecule has 0 aliphatic rings. The van der Waals surface area contributed by atoms with Gasteiger partial charge in [-0.15, -0.1) is 0 Å².